The van der Waals surface area contributed by atoms with Crippen LogP contribution in [0.25, 0.3) is 0 Å². The van der Waals surface area contributed by atoms with E-state index in [-0.39, 0.29) is 12.1 Å². The lowest BCUT2D eigenvalue weighted by Gasteiger charge is -2.29. The highest BCUT2D eigenvalue weighted by Crippen LogP contribution is 2.20. The lowest BCUT2D eigenvalue weighted by Crippen LogP contribution is -2.42. The molecule has 1 rings (SSSR count). The van der Waals surface area contributed by atoms with Crippen LogP contribution < -0.4 is 5.32 Å². The van der Waals surface area contributed by atoms with Gasteiger partial charge in [0.1, 0.15) is 0 Å². The molecule has 2 nitrogen and oxygen atoms in total. The summed E-state index contributed by atoms with van der Waals surface area (Å²) in [4.78, 5) is 0. The third-order valence-corrected chi connectivity index (χ3v) is 2.88. The lowest BCUT2D eigenvalue weighted by atomic mass is 9.92. The van der Waals surface area contributed by atoms with Gasteiger partial charge in [0, 0.05) is 0 Å². The van der Waals surface area contributed by atoms with E-state index in [0.29, 0.717) is 0 Å². The van der Waals surface area contributed by atoms with Gasteiger partial charge in [-0.3, -0.25) is 0 Å². The second-order valence-electron chi connectivity index (χ2n) is 4.07. The molecule has 0 radical (unpaired) electrons. The Morgan fingerprint density at radius 3 is 2.20 bits per heavy atom. The topological polar surface area (TPSA) is 32.3 Å². The fraction of sp³-hybridized carbons (Fsp3) is 0.538. The van der Waals surface area contributed by atoms with Crippen molar-refractivity contribution in [3.05, 3.63) is 35.4 Å². The molecule has 0 saturated carbocycles. The normalized spacial score (nSPS) is 14.9. The van der Waals surface area contributed by atoms with E-state index < -0.39 is 0 Å². The molecule has 0 aliphatic rings. The molecule has 0 amide bonds. The van der Waals surface area contributed by atoms with Gasteiger partial charge >= 0.3 is 0 Å². The monoisotopic (exact) mass is 207 g/mol. The van der Waals surface area contributed by atoms with E-state index in [1.165, 1.54) is 5.56 Å². The van der Waals surface area contributed by atoms with E-state index in [1.54, 1.807) is 0 Å². The maximum absolute atomic E-state index is 9.43. The van der Waals surface area contributed by atoms with E-state index in [0.717, 1.165) is 18.5 Å². The highest BCUT2D eigenvalue weighted by Gasteiger charge is 2.23. The molecule has 0 spiro atoms. The largest absolute Gasteiger partial charge is 0.394 e. The molecule has 1 aromatic rings. The zero-order chi connectivity index (χ0) is 11.3. The van der Waals surface area contributed by atoms with E-state index >= 15 is 0 Å². The molecule has 0 fully saturated rings. The number of aliphatic hydroxyl groups is 1. The van der Waals surface area contributed by atoms with Crippen molar-refractivity contribution < 1.29 is 5.11 Å². The van der Waals surface area contributed by atoms with Crippen molar-refractivity contribution in [2.45, 2.75) is 32.7 Å². The van der Waals surface area contributed by atoms with E-state index in [4.69, 9.17) is 0 Å². The second kappa shape index (κ2) is 5.29. The third-order valence-electron chi connectivity index (χ3n) is 2.88. The second-order valence-corrected chi connectivity index (χ2v) is 4.07. The number of rotatable bonds is 5. The zero-order valence-corrected chi connectivity index (χ0v) is 9.88. The fourth-order valence-electron chi connectivity index (χ4n) is 1.75. The predicted octanol–water partition coefficient (Wildman–Crippen LogP) is 2.07. The van der Waals surface area contributed by atoms with Gasteiger partial charge in [-0.15, -0.1) is 0 Å². The van der Waals surface area contributed by atoms with Gasteiger partial charge in [0.05, 0.1) is 12.1 Å². The summed E-state index contributed by atoms with van der Waals surface area (Å²) in [6.45, 7) is 7.19. The highest BCUT2D eigenvalue weighted by atomic mass is 16.3. The van der Waals surface area contributed by atoms with Gasteiger partial charge in [-0.1, -0.05) is 38.1 Å². The molecule has 1 aromatic carbocycles. The summed E-state index contributed by atoms with van der Waals surface area (Å²) in [7, 11) is 0. The molecule has 2 heteroatoms. The quantitative estimate of drug-likeness (QED) is 0.774. The van der Waals surface area contributed by atoms with Crippen molar-refractivity contribution in [1.29, 1.82) is 0 Å². The van der Waals surface area contributed by atoms with Crippen molar-refractivity contribution in [2.24, 2.45) is 0 Å². The number of hydrogen-bond acceptors (Lipinski definition) is 2. The van der Waals surface area contributed by atoms with Gasteiger partial charge in [0.15, 0.2) is 0 Å². The van der Waals surface area contributed by atoms with Crippen LogP contribution in [-0.2, 0) is 12.0 Å². The minimum atomic E-state index is -0.318. The molecule has 15 heavy (non-hydrogen) atoms. The third kappa shape index (κ3) is 2.80. The molecule has 0 aliphatic heterocycles. The van der Waals surface area contributed by atoms with Crippen molar-refractivity contribution in [2.75, 3.05) is 13.2 Å². The first-order valence-electron chi connectivity index (χ1n) is 5.61. The minimum absolute atomic E-state index is 0.117. The van der Waals surface area contributed by atoms with Crippen molar-refractivity contribution in [1.82, 2.24) is 5.32 Å². The van der Waals surface area contributed by atoms with Crippen LogP contribution in [0.5, 0.6) is 0 Å². The van der Waals surface area contributed by atoms with Gasteiger partial charge in [-0.2, -0.15) is 0 Å². The van der Waals surface area contributed by atoms with E-state index in [2.05, 4.69) is 36.5 Å². The highest BCUT2D eigenvalue weighted by molar-refractivity contribution is 5.28. The molecule has 1 atom stereocenters. The number of aliphatic hydroxyl groups excluding tert-OH is 1. The minimum Gasteiger partial charge on any atom is -0.394 e. The molecule has 0 heterocycles. The van der Waals surface area contributed by atoms with Crippen LogP contribution >= 0.6 is 0 Å². The first kappa shape index (κ1) is 12.2. The van der Waals surface area contributed by atoms with Gasteiger partial charge in [-0.05, 0) is 31.0 Å². The molecule has 1 unspecified atom stereocenters. The van der Waals surface area contributed by atoms with Crippen molar-refractivity contribution >= 4 is 0 Å². The summed E-state index contributed by atoms with van der Waals surface area (Å²) in [5, 5.41) is 12.7. The molecule has 0 aliphatic carbocycles. The molecular weight excluding hydrogens is 186 g/mol. The Hall–Kier alpha value is -0.860. The van der Waals surface area contributed by atoms with E-state index in [1.807, 2.05) is 13.8 Å². The number of benzene rings is 1. The maximum Gasteiger partial charge on any atom is 0.0652 e. The zero-order valence-electron chi connectivity index (χ0n) is 9.88. The van der Waals surface area contributed by atoms with Crippen molar-refractivity contribution in [3.63, 3.8) is 0 Å². The lowest BCUT2D eigenvalue weighted by molar-refractivity contribution is 0.177. The van der Waals surface area contributed by atoms with Crippen LogP contribution in [0, 0.1) is 0 Å². The molecule has 0 aromatic heterocycles. The molecule has 0 saturated heterocycles. The predicted molar refractivity (Wildman–Crippen MR) is 63.9 cm³/mol. The van der Waals surface area contributed by atoms with Crippen LogP contribution in [-0.4, -0.2) is 18.3 Å². The first-order chi connectivity index (χ1) is 7.16. The summed E-state index contributed by atoms with van der Waals surface area (Å²) in [6, 6.07) is 8.44. The number of nitrogens with one attached hydrogen (secondary N) is 1. The van der Waals surface area contributed by atoms with Crippen molar-refractivity contribution in [3.8, 4) is 0 Å². The standard InChI is InChI=1S/C13H21NO/c1-4-11-6-8-12(9-7-11)13(3,10-15)14-5-2/h6-9,14-15H,4-5,10H2,1-3H3. The molecule has 2 N–H and O–H groups in total. The Bertz CT molecular complexity index is 294. The molecule has 84 valence electrons. The summed E-state index contributed by atoms with van der Waals surface area (Å²) in [5.74, 6) is 0. The Morgan fingerprint density at radius 2 is 1.80 bits per heavy atom. The van der Waals surface area contributed by atoms with Crippen LogP contribution in [0.15, 0.2) is 24.3 Å². The first-order valence-corrected chi connectivity index (χ1v) is 5.61. The molecular formula is C13H21NO. The summed E-state index contributed by atoms with van der Waals surface area (Å²) in [5.41, 5.74) is 2.15. The maximum atomic E-state index is 9.43. The number of aryl methyl sites for hydroxylation is 1. The van der Waals surface area contributed by atoms with Gasteiger partial charge in [-0.25, -0.2) is 0 Å². The Labute approximate surface area is 92.3 Å². The summed E-state index contributed by atoms with van der Waals surface area (Å²) in [6.07, 6.45) is 1.05. The average molecular weight is 207 g/mol. The van der Waals surface area contributed by atoms with Crippen LogP contribution in [0.3, 0.4) is 0 Å². The van der Waals surface area contributed by atoms with Gasteiger partial charge in [0.2, 0.25) is 0 Å². The summed E-state index contributed by atoms with van der Waals surface area (Å²) >= 11 is 0. The Morgan fingerprint density at radius 1 is 1.20 bits per heavy atom. The SMILES string of the molecule is CCNC(C)(CO)c1ccc(CC)cc1. The van der Waals surface area contributed by atoms with Crippen LogP contribution in [0.1, 0.15) is 31.9 Å². The summed E-state index contributed by atoms with van der Waals surface area (Å²) < 4.78 is 0. The fourth-order valence-corrected chi connectivity index (χ4v) is 1.75. The van der Waals surface area contributed by atoms with Crippen LogP contribution in [0.4, 0.5) is 0 Å². The number of hydrogen-bond donors (Lipinski definition) is 2. The molecule has 0 bridgehead atoms. The smallest absolute Gasteiger partial charge is 0.0652 e. The Balaban J connectivity index is 2.92. The van der Waals surface area contributed by atoms with Crippen LogP contribution in [0.2, 0.25) is 0 Å². The van der Waals surface area contributed by atoms with Gasteiger partial charge < -0.3 is 10.4 Å². The number of likely N-dealkylation sites (N-methyl/N-ethyl adjacent to an activating group) is 1. The van der Waals surface area contributed by atoms with E-state index in [9.17, 15) is 5.11 Å². The Kier molecular flexibility index (Phi) is 4.30. The van der Waals surface area contributed by atoms with Gasteiger partial charge in [0.25, 0.3) is 0 Å². The average Bonchev–Trinajstić information content (AvgIpc) is 2.29.